The summed E-state index contributed by atoms with van der Waals surface area (Å²) in [7, 11) is 0. The molecule has 0 aliphatic carbocycles. The van der Waals surface area contributed by atoms with Gasteiger partial charge in [0, 0.05) is 49.1 Å². The summed E-state index contributed by atoms with van der Waals surface area (Å²) in [5, 5.41) is 9.11. The van der Waals surface area contributed by atoms with Gasteiger partial charge in [-0.1, -0.05) is 87.7 Å². The van der Waals surface area contributed by atoms with Gasteiger partial charge in [0.05, 0.1) is 17.9 Å². The number of hydrogen-bond donors (Lipinski definition) is 0. The number of aryl methyl sites for hydroxylation is 1. The summed E-state index contributed by atoms with van der Waals surface area (Å²) < 4.78 is 1.94. The molecular weight excluding hydrogens is 499 g/mol. The molecule has 0 atom stereocenters. The maximum absolute atomic E-state index is 13.5. The second-order valence-electron chi connectivity index (χ2n) is 9.13. The van der Waals surface area contributed by atoms with Gasteiger partial charge in [-0.2, -0.15) is 0 Å². The zero-order chi connectivity index (χ0) is 25.9. The molecule has 0 spiro atoms. The number of rotatable bonds is 10. The Morgan fingerprint density at radius 3 is 2.27 bits per heavy atom. The number of nitrogens with zero attached hydrogens (tertiary/aromatic N) is 4. The average molecular weight is 540 g/mol. The van der Waals surface area contributed by atoms with E-state index in [4.69, 9.17) is 0 Å². The van der Waals surface area contributed by atoms with E-state index in [1.807, 2.05) is 53.8 Å². The molecule has 1 amide bonds. The van der Waals surface area contributed by atoms with Crippen LogP contribution in [0.15, 0.2) is 48.5 Å². The molecular formula is C30H40N4O2V. The topological polar surface area (TPSA) is 68.1 Å². The fraction of sp³-hybridized carbons (Fsp3) is 0.467. The second-order valence-corrected chi connectivity index (χ2v) is 9.13. The SMILES string of the molecule is CC.CCCCCCC(=O)N1Cc2ccccc2-c2nnn(CCCCC(C)=O)c2-c2ccccc21.[V]. The Hall–Kier alpha value is -2.70. The molecule has 37 heavy (non-hydrogen) atoms. The van der Waals surface area contributed by atoms with E-state index < -0.39 is 0 Å². The number of aromatic nitrogens is 3. The summed E-state index contributed by atoms with van der Waals surface area (Å²) in [6, 6.07) is 16.3. The van der Waals surface area contributed by atoms with Gasteiger partial charge in [-0.25, -0.2) is 4.68 Å². The van der Waals surface area contributed by atoms with Crippen LogP contribution in [0.5, 0.6) is 0 Å². The number of carbonyl (C=O) groups excluding carboxylic acids is 2. The standard InChI is InChI=1S/C28H34N4O2.C2H6.V/c1-3-4-5-6-18-26(34)31-20-22-14-7-8-15-23(22)27-28(24-16-9-10-17-25(24)31)32(30-29-27)19-12-11-13-21(2)33;1-2;/h7-10,14-17H,3-6,11-13,18-20H2,1-2H3;1-2H3;. The van der Waals surface area contributed by atoms with E-state index >= 15 is 0 Å². The average Bonchev–Trinajstić information content (AvgIpc) is 3.31. The molecule has 0 bridgehead atoms. The van der Waals surface area contributed by atoms with E-state index in [-0.39, 0.29) is 30.2 Å². The summed E-state index contributed by atoms with van der Waals surface area (Å²) >= 11 is 0. The van der Waals surface area contributed by atoms with E-state index in [0.29, 0.717) is 25.9 Å². The van der Waals surface area contributed by atoms with Gasteiger partial charge in [-0.15, -0.1) is 5.10 Å². The number of carbonyl (C=O) groups is 2. The molecule has 6 nitrogen and oxygen atoms in total. The van der Waals surface area contributed by atoms with Gasteiger partial charge in [-0.05, 0) is 37.8 Å². The summed E-state index contributed by atoms with van der Waals surface area (Å²) in [6.07, 6.45) is 7.10. The molecule has 0 N–H and O–H groups in total. The first-order chi connectivity index (χ1) is 17.6. The van der Waals surface area contributed by atoms with Crippen LogP contribution in [0.2, 0.25) is 0 Å². The minimum absolute atomic E-state index is 0. The van der Waals surface area contributed by atoms with Crippen LogP contribution in [-0.2, 0) is 41.2 Å². The van der Waals surface area contributed by atoms with Crippen LogP contribution in [0.1, 0.15) is 84.6 Å². The van der Waals surface area contributed by atoms with Gasteiger partial charge in [0.2, 0.25) is 5.91 Å². The molecule has 4 rings (SSSR count). The number of para-hydroxylation sites is 1. The molecule has 1 aromatic heterocycles. The largest absolute Gasteiger partial charge is 0.307 e. The number of ketones is 1. The first-order valence-corrected chi connectivity index (χ1v) is 13.5. The molecule has 1 aliphatic rings. The first kappa shape index (κ1) is 30.5. The summed E-state index contributed by atoms with van der Waals surface area (Å²) in [5.74, 6) is 0.364. The van der Waals surface area contributed by atoms with Crippen molar-refractivity contribution in [3.05, 3.63) is 54.1 Å². The van der Waals surface area contributed by atoms with Gasteiger partial charge in [0.1, 0.15) is 11.5 Å². The second kappa shape index (κ2) is 15.5. The van der Waals surface area contributed by atoms with Crippen molar-refractivity contribution in [1.29, 1.82) is 0 Å². The Labute approximate surface area is 233 Å². The molecule has 1 radical (unpaired) electrons. The fourth-order valence-electron chi connectivity index (χ4n) is 4.67. The van der Waals surface area contributed by atoms with Crippen LogP contribution in [0.25, 0.3) is 22.5 Å². The fourth-order valence-corrected chi connectivity index (χ4v) is 4.67. The Morgan fingerprint density at radius 2 is 1.54 bits per heavy atom. The van der Waals surface area contributed by atoms with Crippen molar-refractivity contribution in [2.75, 3.05) is 4.90 Å². The Morgan fingerprint density at radius 1 is 0.865 bits per heavy atom. The maximum atomic E-state index is 13.5. The third kappa shape index (κ3) is 7.65. The molecule has 0 fully saturated rings. The Kier molecular flexibility index (Phi) is 12.8. The molecule has 1 aliphatic heterocycles. The zero-order valence-corrected chi connectivity index (χ0v) is 24.1. The van der Waals surface area contributed by atoms with Crippen molar-refractivity contribution in [1.82, 2.24) is 15.0 Å². The summed E-state index contributed by atoms with van der Waals surface area (Å²) in [5.41, 5.74) is 5.77. The molecule has 197 valence electrons. The van der Waals surface area contributed by atoms with Gasteiger partial charge in [0.25, 0.3) is 0 Å². The maximum Gasteiger partial charge on any atom is 0.227 e. The van der Waals surface area contributed by atoms with Crippen molar-refractivity contribution in [2.24, 2.45) is 0 Å². The quantitative estimate of drug-likeness (QED) is 0.255. The summed E-state index contributed by atoms with van der Waals surface area (Å²) in [6.45, 7) is 9.01. The molecule has 2 aromatic carbocycles. The van der Waals surface area contributed by atoms with E-state index in [2.05, 4.69) is 35.4 Å². The Balaban J connectivity index is 0.00000157. The third-order valence-corrected chi connectivity index (χ3v) is 6.48. The molecule has 7 heteroatoms. The third-order valence-electron chi connectivity index (χ3n) is 6.48. The van der Waals surface area contributed by atoms with Gasteiger partial charge in [-0.3, -0.25) is 4.79 Å². The van der Waals surface area contributed by atoms with Crippen molar-refractivity contribution in [3.63, 3.8) is 0 Å². The van der Waals surface area contributed by atoms with E-state index in [1.165, 1.54) is 0 Å². The van der Waals surface area contributed by atoms with Crippen LogP contribution in [-0.4, -0.2) is 26.7 Å². The normalized spacial score (nSPS) is 11.5. The number of hydrogen-bond acceptors (Lipinski definition) is 4. The van der Waals surface area contributed by atoms with Crippen molar-refractivity contribution in [3.8, 4) is 22.5 Å². The monoisotopic (exact) mass is 539 g/mol. The van der Waals surface area contributed by atoms with E-state index in [9.17, 15) is 9.59 Å². The van der Waals surface area contributed by atoms with Crippen LogP contribution < -0.4 is 4.90 Å². The van der Waals surface area contributed by atoms with Gasteiger partial charge in [0.15, 0.2) is 0 Å². The van der Waals surface area contributed by atoms with Crippen LogP contribution in [0.4, 0.5) is 5.69 Å². The minimum Gasteiger partial charge on any atom is -0.307 e. The van der Waals surface area contributed by atoms with Crippen molar-refractivity contribution < 1.29 is 28.1 Å². The minimum atomic E-state index is 0. The Bertz CT molecular complexity index is 1160. The number of benzene rings is 2. The number of unbranched alkanes of at least 4 members (excludes halogenated alkanes) is 4. The zero-order valence-electron chi connectivity index (χ0n) is 22.7. The van der Waals surface area contributed by atoms with Crippen LogP contribution in [0, 0.1) is 0 Å². The number of anilines is 1. The predicted molar refractivity (Wildman–Crippen MR) is 147 cm³/mol. The van der Waals surface area contributed by atoms with Gasteiger partial charge < -0.3 is 9.69 Å². The van der Waals surface area contributed by atoms with Crippen LogP contribution in [0.3, 0.4) is 0 Å². The molecule has 3 aromatic rings. The molecule has 0 saturated heterocycles. The van der Waals surface area contributed by atoms with Gasteiger partial charge >= 0.3 is 0 Å². The van der Waals surface area contributed by atoms with E-state index in [0.717, 1.165) is 72.3 Å². The molecule has 0 saturated carbocycles. The number of Topliss-reactive ketones (excluding diaryl/α,β-unsaturated/α-hetero) is 1. The molecule has 0 unspecified atom stereocenters. The summed E-state index contributed by atoms with van der Waals surface area (Å²) in [4.78, 5) is 26.8. The molecule has 2 heterocycles. The number of fused-ring (bicyclic) bond motifs is 5. The van der Waals surface area contributed by atoms with Crippen LogP contribution >= 0.6 is 0 Å². The van der Waals surface area contributed by atoms with E-state index in [1.54, 1.807) is 6.92 Å². The van der Waals surface area contributed by atoms with Crippen molar-refractivity contribution >= 4 is 17.4 Å². The first-order valence-electron chi connectivity index (χ1n) is 13.5. The predicted octanol–water partition coefficient (Wildman–Crippen LogP) is 7.21. The van der Waals surface area contributed by atoms with Crippen molar-refractivity contribution in [2.45, 2.75) is 92.2 Å². The smallest absolute Gasteiger partial charge is 0.227 e. The number of amides is 1.